The molecule has 0 saturated carbocycles. The van der Waals surface area contributed by atoms with Gasteiger partial charge in [-0.25, -0.2) is 0 Å². The van der Waals surface area contributed by atoms with Crippen molar-refractivity contribution in [3.63, 3.8) is 0 Å². The maximum atomic E-state index is 12.7. The van der Waals surface area contributed by atoms with Crippen LogP contribution in [-0.4, -0.2) is 12.5 Å². The summed E-state index contributed by atoms with van der Waals surface area (Å²) in [5.74, 6) is -0.373. The molecule has 0 aromatic heterocycles. The Morgan fingerprint density at radius 1 is 1.12 bits per heavy atom. The highest BCUT2D eigenvalue weighted by Gasteiger charge is 2.30. The van der Waals surface area contributed by atoms with Crippen LogP contribution in [0.2, 0.25) is 0 Å². The minimum absolute atomic E-state index is 0.00852. The number of ether oxygens (including phenoxy) is 1. The first-order valence-corrected chi connectivity index (χ1v) is 8.37. The topological polar surface area (TPSA) is 38.3 Å². The highest BCUT2D eigenvalue weighted by Crippen LogP contribution is 2.31. The number of hydrogen-bond acceptors (Lipinski definition) is 2. The lowest BCUT2D eigenvalue weighted by molar-refractivity contribution is -0.137. The molecule has 0 saturated heterocycles. The van der Waals surface area contributed by atoms with Crippen molar-refractivity contribution >= 4 is 5.91 Å². The maximum absolute atomic E-state index is 12.7. The van der Waals surface area contributed by atoms with E-state index in [1.807, 2.05) is 39.0 Å². The molecule has 3 nitrogen and oxygen atoms in total. The van der Waals surface area contributed by atoms with Crippen molar-refractivity contribution in [1.82, 2.24) is 5.32 Å². The van der Waals surface area contributed by atoms with Gasteiger partial charge in [0.05, 0.1) is 11.6 Å². The molecule has 0 unspecified atom stereocenters. The number of halogens is 3. The van der Waals surface area contributed by atoms with Gasteiger partial charge in [-0.3, -0.25) is 4.79 Å². The third-order valence-corrected chi connectivity index (χ3v) is 4.21. The van der Waals surface area contributed by atoms with Crippen LogP contribution in [0.3, 0.4) is 0 Å². The lowest BCUT2D eigenvalue weighted by atomic mass is 9.99. The van der Waals surface area contributed by atoms with Gasteiger partial charge in [-0.15, -0.1) is 0 Å². The van der Waals surface area contributed by atoms with E-state index in [4.69, 9.17) is 4.74 Å². The maximum Gasteiger partial charge on any atom is 0.416 e. The number of aryl methyl sites for hydroxylation is 2. The fourth-order valence-electron chi connectivity index (χ4n) is 2.55. The van der Waals surface area contributed by atoms with Crippen molar-refractivity contribution < 1.29 is 22.7 Å². The van der Waals surface area contributed by atoms with Crippen LogP contribution in [0.4, 0.5) is 13.2 Å². The molecule has 0 bridgehead atoms. The molecule has 1 N–H and O–H groups in total. The van der Waals surface area contributed by atoms with Crippen molar-refractivity contribution in [2.45, 2.75) is 39.4 Å². The molecule has 0 radical (unpaired) electrons. The summed E-state index contributed by atoms with van der Waals surface area (Å²) in [6, 6.07) is 10.3. The van der Waals surface area contributed by atoms with Gasteiger partial charge in [-0.2, -0.15) is 13.2 Å². The van der Waals surface area contributed by atoms with E-state index in [2.05, 4.69) is 5.32 Å². The molecule has 2 aromatic carbocycles. The van der Waals surface area contributed by atoms with Crippen molar-refractivity contribution in [3.8, 4) is 5.75 Å². The SMILES string of the molecule is CC[C@@H](NC(=O)COc1cccc(C(F)(F)F)c1)c1ccc(C)c(C)c1. The van der Waals surface area contributed by atoms with Crippen molar-refractivity contribution in [1.29, 1.82) is 0 Å². The van der Waals surface area contributed by atoms with Gasteiger partial charge < -0.3 is 10.1 Å². The molecule has 0 aliphatic rings. The van der Waals surface area contributed by atoms with Gasteiger partial charge in [-0.1, -0.05) is 31.2 Å². The zero-order valence-electron chi connectivity index (χ0n) is 15.0. The van der Waals surface area contributed by atoms with E-state index in [0.29, 0.717) is 6.42 Å². The monoisotopic (exact) mass is 365 g/mol. The Hall–Kier alpha value is -2.50. The number of benzene rings is 2. The molecule has 0 fully saturated rings. The largest absolute Gasteiger partial charge is 0.484 e. The fraction of sp³-hybridized carbons (Fsp3) is 0.350. The Morgan fingerprint density at radius 3 is 2.46 bits per heavy atom. The molecular weight excluding hydrogens is 343 g/mol. The summed E-state index contributed by atoms with van der Waals surface area (Å²) in [6.45, 7) is 5.63. The second-order valence-corrected chi connectivity index (χ2v) is 6.19. The molecule has 140 valence electrons. The molecule has 0 aliphatic heterocycles. The minimum atomic E-state index is -4.45. The van der Waals surface area contributed by atoms with Crippen molar-refractivity contribution in [2.75, 3.05) is 6.61 Å². The summed E-state index contributed by atoms with van der Waals surface area (Å²) in [4.78, 5) is 12.1. The first kappa shape index (κ1) is 19.8. The van der Waals surface area contributed by atoms with Gasteiger partial charge in [0.1, 0.15) is 5.75 Å². The van der Waals surface area contributed by atoms with Gasteiger partial charge in [0, 0.05) is 0 Å². The van der Waals surface area contributed by atoms with E-state index in [1.165, 1.54) is 17.7 Å². The molecule has 0 heterocycles. The van der Waals surface area contributed by atoms with Crippen LogP contribution in [0.1, 0.15) is 41.6 Å². The fourth-order valence-corrected chi connectivity index (χ4v) is 2.55. The molecule has 1 amide bonds. The standard InChI is InChI=1S/C20H22F3NO2/c1-4-18(15-9-8-13(2)14(3)10-15)24-19(25)12-26-17-7-5-6-16(11-17)20(21,22)23/h5-11,18H,4,12H2,1-3H3,(H,24,25)/t18-/m1/s1. The highest BCUT2D eigenvalue weighted by molar-refractivity contribution is 5.78. The number of carbonyl (C=O) groups excluding carboxylic acids is 1. The predicted octanol–water partition coefficient (Wildman–Crippen LogP) is 4.97. The summed E-state index contributed by atoms with van der Waals surface area (Å²) >= 11 is 0. The van der Waals surface area contributed by atoms with Gasteiger partial charge in [0.2, 0.25) is 0 Å². The number of nitrogens with one attached hydrogen (secondary N) is 1. The third kappa shape index (κ3) is 5.25. The molecule has 2 aromatic rings. The average molecular weight is 365 g/mol. The Bertz CT molecular complexity index is 772. The molecule has 1 atom stereocenters. The lowest BCUT2D eigenvalue weighted by Gasteiger charge is -2.19. The van der Waals surface area contributed by atoms with Gasteiger partial charge >= 0.3 is 6.18 Å². The average Bonchev–Trinajstić information content (AvgIpc) is 2.60. The van der Waals surface area contributed by atoms with E-state index < -0.39 is 11.7 Å². The normalized spacial score (nSPS) is 12.5. The molecular formula is C20H22F3NO2. The van der Waals surface area contributed by atoms with Crippen LogP contribution < -0.4 is 10.1 Å². The van der Waals surface area contributed by atoms with Crippen molar-refractivity contribution in [2.24, 2.45) is 0 Å². The number of rotatable bonds is 6. The minimum Gasteiger partial charge on any atom is -0.484 e. The smallest absolute Gasteiger partial charge is 0.416 e. The Labute approximate surface area is 151 Å². The van der Waals surface area contributed by atoms with E-state index in [9.17, 15) is 18.0 Å². The summed E-state index contributed by atoms with van der Waals surface area (Å²) in [7, 11) is 0. The van der Waals surface area contributed by atoms with Crippen LogP contribution in [0.25, 0.3) is 0 Å². The number of carbonyl (C=O) groups is 1. The number of amides is 1. The summed E-state index contributed by atoms with van der Waals surface area (Å²) < 4.78 is 43.3. The molecule has 0 aliphatic carbocycles. The van der Waals surface area contributed by atoms with Crippen LogP contribution in [0, 0.1) is 13.8 Å². The summed E-state index contributed by atoms with van der Waals surface area (Å²) in [5.41, 5.74) is 2.48. The second kappa shape index (κ2) is 8.25. The first-order chi connectivity index (χ1) is 12.2. The Kier molecular flexibility index (Phi) is 6.29. The predicted molar refractivity (Wildman–Crippen MR) is 94.0 cm³/mol. The van der Waals surface area contributed by atoms with E-state index in [1.54, 1.807) is 0 Å². The zero-order valence-corrected chi connectivity index (χ0v) is 15.0. The Morgan fingerprint density at radius 2 is 1.85 bits per heavy atom. The highest BCUT2D eigenvalue weighted by atomic mass is 19.4. The van der Waals surface area contributed by atoms with Crippen LogP contribution in [0.5, 0.6) is 5.75 Å². The quantitative estimate of drug-likeness (QED) is 0.785. The Balaban J connectivity index is 1.98. The molecule has 6 heteroatoms. The third-order valence-electron chi connectivity index (χ3n) is 4.21. The van der Waals surface area contributed by atoms with Gasteiger partial charge in [0.25, 0.3) is 5.91 Å². The van der Waals surface area contributed by atoms with Crippen LogP contribution >= 0.6 is 0 Å². The van der Waals surface area contributed by atoms with E-state index in [0.717, 1.165) is 23.3 Å². The van der Waals surface area contributed by atoms with Crippen molar-refractivity contribution in [3.05, 3.63) is 64.7 Å². The molecule has 26 heavy (non-hydrogen) atoms. The zero-order chi connectivity index (χ0) is 19.3. The van der Waals surface area contributed by atoms with E-state index in [-0.39, 0.29) is 24.3 Å². The van der Waals surface area contributed by atoms with Crippen LogP contribution in [-0.2, 0) is 11.0 Å². The summed E-state index contributed by atoms with van der Waals surface area (Å²) in [6.07, 6.45) is -3.75. The second-order valence-electron chi connectivity index (χ2n) is 6.19. The van der Waals surface area contributed by atoms with Gasteiger partial charge in [0.15, 0.2) is 6.61 Å². The first-order valence-electron chi connectivity index (χ1n) is 8.37. The molecule has 2 rings (SSSR count). The summed E-state index contributed by atoms with van der Waals surface area (Å²) in [5, 5.41) is 2.86. The number of alkyl halides is 3. The lowest BCUT2D eigenvalue weighted by Crippen LogP contribution is -2.32. The van der Waals surface area contributed by atoms with E-state index >= 15 is 0 Å². The molecule has 0 spiro atoms. The van der Waals surface area contributed by atoms with Crippen LogP contribution in [0.15, 0.2) is 42.5 Å². The van der Waals surface area contributed by atoms with Gasteiger partial charge in [-0.05, 0) is 55.2 Å². The number of hydrogen-bond donors (Lipinski definition) is 1.